The highest BCUT2D eigenvalue weighted by Crippen LogP contribution is 2.25. The van der Waals surface area contributed by atoms with Gasteiger partial charge >= 0.3 is 0 Å². The van der Waals surface area contributed by atoms with Gasteiger partial charge in [0.1, 0.15) is 5.75 Å². The average molecular weight is 350 g/mol. The molecule has 0 fully saturated rings. The maximum absolute atomic E-state index is 12.6. The Morgan fingerprint density at radius 2 is 2.29 bits per heavy atom. The minimum Gasteiger partial charge on any atom is -0.493 e. The van der Waals surface area contributed by atoms with E-state index < -0.39 is 5.37 Å². The zero-order chi connectivity index (χ0) is 17.4. The van der Waals surface area contributed by atoms with Crippen LogP contribution >= 0.6 is 11.8 Å². The largest absolute Gasteiger partial charge is 0.493 e. The first-order chi connectivity index (χ1) is 11.7. The molecule has 0 radical (unpaired) electrons. The summed E-state index contributed by atoms with van der Waals surface area (Å²) in [4.78, 5) is 27.2. The van der Waals surface area contributed by atoms with E-state index in [2.05, 4.69) is 27.7 Å². The highest BCUT2D eigenvalue weighted by atomic mass is 32.2. The summed E-state index contributed by atoms with van der Waals surface area (Å²) in [5.74, 6) is 0.208. The van der Waals surface area contributed by atoms with Crippen LogP contribution in [0.4, 0.5) is 5.69 Å². The molecule has 1 aliphatic heterocycles. The van der Waals surface area contributed by atoms with Crippen molar-refractivity contribution in [3.8, 4) is 5.75 Å². The number of amides is 1. The van der Waals surface area contributed by atoms with Gasteiger partial charge in [-0.1, -0.05) is 30.3 Å². The zero-order valence-electron chi connectivity index (χ0n) is 13.9. The number of benzene rings is 1. The monoisotopic (exact) mass is 350 g/mol. The molecule has 8 heteroatoms. The number of nitrogens with one attached hydrogen (secondary N) is 2. The van der Waals surface area contributed by atoms with E-state index in [0.717, 1.165) is 36.8 Å². The maximum Gasteiger partial charge on any atom is 0.261 e. The van der Waals surface area contributed by atoms with Crippen molar-refractivity contribution in [2.24, 2.45) is 10.2 Å². The molecule has 1 unspecified atom stereocenters. The van der Waals surface area contributed by atoms with Gasteiger partial charge in [0.25, 0.3) is 5.91 Å². The summed E-state index contributed by atoms with van der Waals surface area (Å²) < 4.78 is 5.54. The molecule has 2 rings (SSSR count). The topological polar surface area (TPSA) is 92.2 Å². The number of carbonyl (C=O) groups is 1. The molecule has 1 heterocycles. The van der Waals surface area contributed by atoms with Gasteiger partial charge in [0, 0.05) is 12.2 Å². The van der Waals surface area contributed by atoms with Gasteiger partial charge in [-0.05, 0) is 31.5 Å². The Balaban J connectivity index is 2.11. The van der Waals surface area contributed by atoms with Gasteiger partial charge in [-0.2, -0.15) is 0 Å². The summed E-state index contributed by atoms with van der Waals surface area (Å²) in [5.41, 5.74) is 1.30. The van der Waals surface area contributed by atoms with E-state index in [1.807, 2.05) is 13.0 Å². The molecule has 0 aromatic heterocycles. The Labute approximate surface area is 145 Å². The van der Waals surface area contributed by atoms with Crippen molar-refractivity contribution in [1.82, 2.24) is 5.32 Å². The van der Waals surface area contributed by atoms with Crippen molar-refractivity contribution in [3.63, 3.8) is 0 Å². The SMILES string of the molecule is CCCCNc1ccc(OCC)c(C(=O)NC2=NCC(N=O)S2)c1. The van der Waals surface area contributed by atoms with Crippen LogP contribution in [0.5, 0.6) is 5.75 Å². The number of amidine groups is 1. The first-order valence-corrected chi connectivity index (χ1v) is 8.91. The van der Waals surface area contributed by atoms with Gasteiger partial charge in [-0.3, -0.25) is 9.79 Å². The van der Waals surface area contributed by atoms with Crippen molar-refractivity contribution in [2.45, 2.75) is 32.1 Å². The number of ether oxygens (including phenoxy) is 1. The fourth-order valence-corrected chi connectivity index (χ4v) is 2.91. The van der Waals surface area contributed by atoms with Crippen LogP contribution in [0.25, 0.3) is 0 Å². The van der Waals surface area contributed by atoms with Gasteiger partial charge in [-0.25, -0.2) is 0 Å². The van der Waals surface area contributed by atoms with Crippen LogP contribution in [0.2, 0.25) is 0 Å². The lowest BCUT2D eigenvalue weighted by Gasteiger charge is -2.13. The van der Waals surface area contributed by atoms with E-state index in [1.54, 1.807) is 12.1 Å². The van der Waals surface area contributed by atoms with Crippen LogP contribution in [0.3, 0.4) is 0 Å². The highest BCUT2D eigenvalue weighted by Gasteiger charge is 2.23. The maximum atomic E-state index is 12.6. The molecule has 130 valence electrons. The lowest BCUT2D eigenvalue weighted by Crippen LogP contribution is -2.28. The van der Waals surface area contributed by atoms with Gasteiger partial charge < -0.3 is 15.4 Å². The number of hydrogen-bond donors (Lipinski definition) is 2. The summed E-state index contributed by atoms with van der Waals surface area (Å²) in [6.45, 7) is 5.60. The molecule has 24 heavy (non-hydrogen) atoms. The third-order valence-electron chi connectivity index (χ3n) is 3.36. The third kappa shape index (κ3) is 4.95. The van der Waals surface area contributed by atoms with Gasteiger partial charge in [0.2, 0.25) is 0 Å². The van der Waals surface area contributed by atoms with E-state index in [0.29, 0.717) is 29.6 Å². The number of thioether (sulfide) groups is 1. The Kier molecular flexibility index (Phi) is 7.05. The zero-order valence-corrected chi connectivity index (χ0v) is 14.7. The van der Waals surface area contributed by atoms with Crippen LogP contribution < -0.4 is 15.4 Å². The number of anilines is 1. The Hall–Kier alpha value is -2.09. The van der Waals surface area contributed by atoms with Crippen molar-refractivity contribution < 1.29 is 9.53 Å². The molecule has 0 saturated heterocycles. The normalized spacial score (nSPS) is 16.4. The Bertz CT molecular complexity index is 621. The first kappa shape index (κ1) is 18.3. The predicted molar refractivity (Wildman–Crippen MR) is 98.0 cm³/mol. The van der Waals surface area contributed by atoms with Crippen LogP contribution in [0.15, 0.2) is 28.4 Å². The fourth-order valence-electron chi connectivity index (χ4n) is 2.16. The summed E-state index contributed by atoms with van der Waals surface area (Å²) >= 11 is 1.16. The smallest absolute Gasteiger partial charge is 0.261 e. The molecule has 1 amide bonds. The second-order valence-corrected chi connectivity index (χ2v) is 6.37. The number of aliphatic imine (C=N–C) groups is 1. The Morgan fingerprint density at radius 1 is 1.46 bits per heavy atom. The summed E-state index contributed by atoms with van der Waals surface area (Å²) in [6, 6.07) is 5.45. The number of nitrogens with zero attached hydrogens (tertiary/aromatic N) is 2. The Morgan fingerprint density at radius 3 is 2.96 bits per heavy atom. The minimum atomic E-state index is -0.464. The summed E-state index contributed by atoms with van der Waals surface area (Å²) in [6.07, 6.45) is 2.16. The highest BCUT2D eigenvalue weighted by molar-refractivity contribution is 8.14. The number of rotatable bonds is 8. The second kappa shape index (κ2) is 9.27. The molecule has 0 aliphatic carbocycles. The average Bonchev–Trinajstić information content (AvgIpc) is 3.04. The van der Waals surface area contributed by atoms with Crippen LogP contribution in [0.1, 0.15) is 37.0 Å². The molecule has 1 aliphatic rings. The fraction of sp³-hybridized carbons (Fsp3) is 0.500. The van der Waals surface area contributed by atoms with E-state index in [-0.39, 0.29) is 5.91 Å². The molecular formula is C16H22N4O3S. The van der Waals surface area contributed by atoms with E-state index in [4.69, 9.17) is 4.74 Å². The quantitative estimate of drug-likeness (QED) is 0.555. The first-order valence-electron chi connectivity index (χ1n) is 8.03. The third-order valence-corrected chi connectivity index (χ3v) is 4.32. The molecule has 1 aromatic carbocycles. The van der Waals surface area contributed by atoms with Crippen molar-refractivity contribution in [3.05, 3.63) is 28.7 Å². The molecule has 0 saturated carbocycles. The van der Waals surface area contributed by atoms with Crippen molar-refractivity contribution in [1.29, 1.82) is 0 Å². The minimum absolute atomic E-state index is 0.292. The van der Waals surface area contributed by atoms with E-state index >= 15 is 0 Å². The molecule has 7 nitrogen and oxygen atoms in total. The summed E-state index contributed by atoms with van der Waals surface area (Å²) in [5, 5.41) is 8.90. The van der Waals surface area contributed by atoms with E-state index in [9.17, 15) is 9.70 Å². The number of carbonyl (C=O) groups excluding carboxylic acids is 1. The molecular weight excluding hydrogens is 328 g/mol. The van der Waals surface area contributed by atoms with Gasteiger partial charge in [-0.15, -0.1) is 4.91 Å². The van der Waals surface area contributed by atoms with Crippen molar-refractivity contribution in [2.75, 3.05) is 25.0 Å². The molecule has 1 aromatic rings. The number of nitroso groups, excluding NO2 is 1. The van der Waals surface area contributed by atoms with E-state index in [1.165, 1.54) is 0 Å². The van der Waals surface area contributed by atoms with Crippen molar-refractivity contribution >= 4 is 28.5 Å². The molecule has 1 atom stereocenters. The standard InChI is InChI=1S/C16H22N4O3S/c1-3-5-8-17-11-6-7-13(23-4-2)12(9-11)15(21)19-16-18-10-14(20-22)24-16/h6-7,9,14,17H,3-5,8,10H2,1-2H3,(H,18,19,21). The predicted octanol–water partition coefficient (Wildman–Crippen LogP) is 3.22. The van der Waals surface area contributed by atoms with Crippen LogP contribution in [0, 0.1) is 4.91 Å². The van der Waals surface area contributed by atoms with Crippen LogP contribution in [-0.2, 0) is 0 Å². The second-order valence-electron chi connectivity index (χ2n) is 5.20. The molecule has 0 bridgehead atoms. The van der Waals surface area contributed by atoms with Gasteiger partial charge in [0.05, 0.1) is 18.7 Å². The molecule has 0 spiro atoms. The van der Waals surface area contributed by atoms with Crippen LogP contribution in [-0.4, -0.2) is 36.1 Å². The molecule has 2 N–H and O–H groups in total. The van der Waals surface area contributed by atoms with Gasteiger partial charge in [0.15, 0.2) is 10.5 Å². The summed E-state index contributed by atoms with van der Waals surface area (Å²) in [7, 11) is 0. The number of hydrogen-bond acceptors (Lipinski definition) is 7. The lowest BCUT2D eigenvalue weighted by molar-refractivity contribution is 0.0974. The lowest BCUT2D eigenvalue weighted by atomic mass is 10.1. The number of unbranched alkanes of at least 4 members (excludes halogenated alkanes) is 1.